The summed E-state index contributed by atoms with van der Waals surface area (Å²) in [5.74, 6) is -0.129. The molecular formula is C7H11N3O. The number of carbonyl (C=O) groups is 1. The Morgan fingerprint density at radius 2 is 2.18 bits per heavy atom. The minimum absolute atomic E-state index is 0.129. The summed E-state index contributed by atoms with van der Waals surface area (Å²) in [4.78, 5) is 12.8. The molecule has 1 rings (SSSR count). The van der Waals surface area contributed by atoms with Gasteiger partial charge >= 0.3 is 0 Å². The monoisotopic (exact) mass is 153 g/mol. The second-order valence-electron chi connectivity index (χ2n) is 2.64. The topological polar surface area (TPSA) is 44.7 Å². The molecule has 1 aliphatic heterocycles. The van der Waals surface area contributed by atoms with Gasteiger partial charge in [0.1, 0.15) is 0 Å². The number of nitrogens with one attached hydrogen (secondary N) is 1. The molecule has 1 N–H and O–H groups in total. The summed E-state index contributed by atoms with van der Waals surface area (Å²) in [7, 11) is 3.73. The standard InChI is InChI=1S/C7H11N3O/c1-5-6(4-10(2)3)7(11)9-8-5/h4H,1-3H3,(H,9,11). The first-order chi connectivity index (χ1) is 5.11. The zero-order valence-electron chi connectivity index (χ0n) is 6.88. The molecule has 0 aromatic heterocycles. The van der Waals surface area contributed by atoms with Crippen molar-refractivity contribution >= 4 is 11.6 Å². The van der Waals surface area contributed by atoms with Gasteiger partial charge in [-0.2, -0.15) is 5.10 Å². The average molecular weight is 153 g/mol. The van der Waals surface area contributed by atoms with Gasteiger partial charge < -0.3 is 4.90 Å². The van der Waals surface area contributed by atoms with Crippen LogP contribution in [0.15, 0.2) is 16.9 Å². The number of hydrazone groups is 1. The van der Waals surface area contributed by atoms with Gasteiger partial charge in [-0.3, -0.25) is 4.79 Å². The molecule has 0 aromatic rings. The molecule has 0 aliphatic carbocycles. The molecule has 11 heavy (non-hydrogen) atoms. The van der Waals surface area contributed by atoms with Crippen molar-refractivity contribution in [3.05, 3.63) is 11.8 Å². The van der Waals surface area contributed by atoms with Crippen LogP contribution in [-0.2, 0) is 4.79 Å². The lowest BCUT2D eigenvalue weighted by Gasteiger charge is -2.04. The second-order valence-corrected chi connectivity index (χ2v) is 2.64. The first kappa shape index (κ1) is 7.78. The van der Waals surface area contributed by atoms with Gasteiger partial charge in [0.25, 0.3) is 5.91 Å². The summed E-state index contributed by atoms with van der Waals surface area (Å²) in [6.07, 6.45) is 1.75. The zero-order valence-corrected chi connectivity index (χ0v) is 6.88. The van der Waals surface area contributed by atoms with E-state index in [1.165, 1.54) is 0 Å². The summed E-state index contributed by atoms with van der Waals surface area (Å²) < 4.78 is 0. The smallest absolute Gasteiger partial charge is 0.274 e. The summed E-state index contributed by atoms with van der Waals surface area (Å²) in [6.45, 7) is 1.80. The van der Waals surface area contributed by atoms with Crippen molar-refractivity contribution in [2.75, 3.05) is 14.1 Å². The normalized spacial score (nSPS) is 20.1. The Balaban J connectivity index is 2.86. The molecule has 0 aromatic carbocycles. The number of hydrogen-bond donors (Lipinski definition) is 1. The maximum absolute atomic E-state index is 11.0. The lowest BCUT2D eigenvalue weighted by atomic mass is 10.2. The van der Waals surface area contributed by atoms with Crippen molar-refractivity contribution < 1.29 is 4.79 Å². The van der Waals surface area contributed by atoms with Crippen LogP contribution >= 0.6 is 0 Å². The van der Waals surface area contributed by atoms with Crippen LogP contribution in [0.25, 0.3) is 0 Å². The Labute approximate surface area is 65.6 Å². The largest absolute Gasteiger partial charge is 0.383 e. The Hall–Kier alpha value is -1.32. The summed E-state index contributed by atoms with van der Waals surface area (Å²) in [5.41, 5.74) is 3.75. The summed E-state index contributed by atoms with van der Waals surface area (Å²) in [5, 5.41) is 3.77. The SMILES string of the molecule is CC1=NNC(=O)C1=CN(C)C. The van der Waals surface area contributed by atoms with E-state index in [0.29, 0.717) is 5.57 Å². The fourth-order valence-electron chi connectivity index (χ4n) is 0.830. The van der Waals surface area contributed by atoms with Crippen LogP contribution < -0.4 is 5.43 Å². The number of hydrogen-bond acceptors (Lipinski definition) is 3. The van der Waals surface area contributed by atoms with E-state index in [1.807, 2.05) is 19.0 Å². The van der Waals surface area contributed by atoms with E-state index in [-0.39, 0.29) is 5.91 Å². The molecular weight excluding hydrogens is 142 g/mol. The summed E-state index contributed by atoms with van der Waals surface area (Å²) >= 11 is 0. The first-order valence-corrected chi connectivity index (χ1v) is 3.34. The number of carbonyl (C=O) groups excluding carboxylic acids is 1. The highest BCUT2D eigenvalue weighted by atomic mass is 16.2. The van der Waals surface area contributed by atoms with E-state index in [4.69, 9.17) is 0 Å². The van der Waals surface area contributed by atoms with E-state index in [1.54, 1.807) is 13.1 Å². The van der Waals surface area contributed by atoms with Crippen molar-refractivity contribution in [2.45, 2.75) is 6.92 Å². The molecule has 0 radical (unpaired) electrons. The third kappa shape index (κ3) is 1.58. The van der Waals surface area contributed by atoms with E-state index in [9.17, 15) is 4.79 Å². The molecule has 1 amide bonds. The van der Waals surface area contributed by atoms with Crippen LogP contribution in [0.1, 0.15) is 6.92 Å². The predicted octanol–water partition coefficient (Wildman–Crippen LogP) is -0.0624. The number of amides is 1. The van der Waals surface area contributed by atoms with Crippen molar-refractivity contribution in [3.8, 4) is 0 Å². The molecule has 4 heteroatoms. The Kier molecular flexibility index (Phi) is 1.94. The van der Waals surface area contributed by atoms with E-state index in [2.05, 4.69) is 10.5 Å². The molecule has 1 heterocycles. The molecule has 0 fully saturated rings. The maximum atomic E-state index is 11.0. The molecule has 0 saturated heterocycles. The first-order valence-electron chi connectivity index (χ1n) is 3.34. The van der Waals surface area contributed by atoms with Gasteiger partial charge in [-0.05, 0) is 6.92 Å². The fraction of sp³-hybridized carbons (Fsp3) is 0.429. The van der Waals surface area contributed by atoms with Crippen LogP contribution in [0.2, 0.25) is 0 Å². The minimum atomic E-state index is -0.129. The predicted molar refractivity (Wildman–Crippen MR) is 43.0 cm³/mol. The van der Waals surface area contributed by atoms with Gasteiger partial charge in [-0.25, -0.2) is 5.43 Å². The van der Waals surface area contributed by atoms with E-state index < -0.39 is 0 Å². The molecule has 0 saturated carbocycles. The Morgan fingerprint density at radius 1 is 1.55 bits per heavy atom. The van der Waals surface area contributed by atoms with Crippen LogP contribution in [0, 0.1) is 0 Å². The Morgan fingerprint density at radius 3 is 2.55 bits per heavy atom. The third-order valence-electron chi connectivity index (χ3n) is 1.35. The highest BCUT2D eigenvalue weighted by Crippen LogP contribution is 2.04. The molecule has 1 aliphatic rings. The van der Waals surface area contributed by atoms with Crippen LogP contribution in [0.3, 0.4) is 0 Å². The molecule has 4 nitrogen and oxygen atoms in total. The molecule has 60 valence electrons. The highest BCUT2D eigenvalue weighted by molar-refractivity contribution is 6.23. The molecule has 0 atom stereocenters. The van der Waals surface area contributed by atoms with Crippen molar-refractivity contribution in [1.82, 2.24) is 10.3 Å². The number of rotatable bonds is 1. The highest BCUT2D eigenvalue weighted by Gasteiger charge is 2.18. The zero-order chi connectivity index (χ0) is 8.43. The van der Waals surface area contributed by atoms with Crippen molar-refractivity contribution in [2.24, 2.45) is 5.10 Å². The van der Waals surface area contributed by atoms with Crippen LogP contribution in [-0.4, -0.2) is 30.6 Å². The van der Waals surface area contributed by atoms with E-state index in [0.717, 1.165) is 5.71 Å². The number of nitrogens with zero attached hydrogens (tertiary/aromatic N) is 2. The van der Waals surface area contributed by atoms with Crippen molar-refractivity contribution in [1.29, 1.82) is 0 Å². The molecule has 0 bridgehead atoms. The molecule has 0 unspecified atom stereocenters. The second kappa shape index (κ2) is 2.74. The van der Waals surface area contributed by atoms with Gasteiger partial charge in [0.15, 0.2) is 0 Å². The quantitative estimate of drug-likeness (QED) is 0.536. The Bertz CT molecular complexity index is 240. The van der Waals surface area contributed by atoms with Crippen LogP contribution in [0.5, 0.6) is 0 Å². The summed E-state index contributed by atoms with van der Waals surface area (Å²) in [6, 6.07) is 0. The lowest BCUT2D eigenvalue weighted by molar-refractivity contribution is -0.116. The van der Waals surface area contributed by atoms with E-state index >= 15 is 0 Å². The average Bonchev–Trinajstić information content (AvgIpc) is 2.18. The van der Waals surface area contributed by atoms with Gasteiger partial charge in [0.2, 0.25) is 0 Å². The molecule has 0 spiro atoms. The van der Waals surface area contributed by atoms with Crippen molar-refractivity contribution in [3.63, 3.8) is 0 Å². The minimum Gasteiger partial charge on any atom is -0.383 e. The van der Waals surface area contributed by atoms with Gasteiger partial charge in [0.05, 0.1) is 11.3 Å². The van der Waals surface area contributed by atoms with Gasteiger partial charge in [0, 0.05) is 20.3 Å². The van der Waals surface area contributed by atoms with Gasteiger partial charge in [-0.1, -0.05) is 0 Å². The van der Waals surface area contributed by atoms with Crippen LogP contribution in [0.4, 0.5) is 0 Å². The fourth-order valence-corrected chi connectivity index (χ4v) is 0.830. The van der Waals surface area contributed by atoms with Gasteiger partial charge in [-0.15, -0.1) is 0 Å². The lowest BCUT2D eigenvalue weighted by Crippen LogP contribution is -2.15. The maximum Gasteiger partial charge on any atom is 0.274 e. The third-order valence-corrected chi connectivity index (χ3v) is 1.35.